The van der Waals surface area contributed by atoms with Gasteiger partial charge in [0.05, 0.1) is 62.1 Å². The summed E-state index contributed by atoms with van der Waals surface area (Å²) >= 11 is 0. The van der Waals surface area contributed by atoms with E-state index in [-0.39, 0.29) is 0 Å². The zero-order valence-corrected chi connectivity index (χ0v) is 29.5. The second kappa shape index (κ2) is 11.8. The minimum absolute atomic E-state index is 0.581. The first-order valence-corrected chi connectivity index (χ1v) is 18.3. The van der Waals surface area contributed by atoms with Gasteiger partial charge in [0.1, 0.15) is 0 Å². The minimum atomic E-state index is 0.581. The van der Waals surface area contributed by atoms with E-state index in [4.69, 9.17) is 0 Å². The van der Waals surface area contributed by atoms with Crippen molar-refractivity contribution in [2.45, 2.75) is 0 Å². The maximum absolute atomic E-state index is 10.1. The molecule has 0 aliphatic heterocycles. The lowest BCUT2D eigenvalue weighted by Gasteiger charge is -2.16. The standard InChI is InChI=1S/C50H29N5/c51-30-32-21-24-48(55-47-19-8-3-14-39(47)41-23-20-33(31-52)27-50(41)55)42(26-32)34-10-9-11-35(28-34)53-46-18-7-4-15-40(46)43-29-36(22-25-49(43)53)54-44-16-5-1-12-37(44)38-13-2-6-17-45(38)54/h1-29H. The van der Waals surface area contributed by atoms with Crippen molar-refractivity contribution in [3.63, 3.8) is 0 Å². The van der Waals surface area contributed by atoms with E-state index < -0.39 is 0 Å². The van der Waals surface area contributed by atoms with E-state index in [1.54, 1.807) is 0 Å². The molecule has 3 heterocycles. The lowest BCUT2D eigenvalue weighted by atomic mass is 10.00. The number of fused-ring (bicyclic) bond motifs is 9. The van der Waals surface area contributed by atoms with Gasteiger partial charge in [0.15, 0.2) is 0 Å². The molecular formula is C50H29N5. The number of rotatable bonds is 4. The summed E-state index contributed by atoms with van der Waals surface area (Å²) in [5.74, 6) is 0. The van der Waals surface area contributed by atoms with Crippen molar-refractivity contribution in [3.8, 4) is 40.3 Å². The summed E-state index contributed by atoms with van der Waals surface area (Å²) in [7, 11) is 0. The van der Waals surface area contributed by atoms with Gasteiger partial charge in [0.2, 0.25) is 0 Å². The van der Waals surface area contributed by atoms with Crippen LogP contribution in [-0.2, 0) is 0 Å². The molecule has 3 aromatic heterocycles. The third-order valence-electron chi connectivity index (χ3n) is 11.1. The molecule has 55 heavy (non-hydrogen) atoms. The van der Waals surface area contributed by atoms with Crippen LogP contribution < -0.4 is 0 Å². The van der Waals surface area contributed by atoms with Crippen molar-refractivity contribution in [2.24, 2.45) is 0 Å². The number of nitrogens with zero attached hydrogens (tertiary/aromatic N) is 5. The van der Waals surface area contributed by atoms with Gasteiger partial charge in [-0.15, -0.1) is 0 Å². The largest absolute Gasteiger partial charge is 0.309 e. The molecule has 0 saturated carbocycles. The molecule has 0 fully saturated rings. The van der Waals surface area contributed by atoms with Crippen molar-refractivity contribution in [2.75, 3.05) is 0 Å². The molecule has 0 aliphatic carbocycles. The first-order valence-electron chi connectivity index (χ1n) is 18.3. The SMILES string of the molecule is N#Cc1ccc(-n2c3ccccc3c3ccc(C#N)cc32)c(-c2cccc(-n3c4ccccc4c4cc(-n5c6ccccc6c6ccccc65)ccc43)c2)c1. The van der Waals surface area contributed by atoms with Crippen molar-refractivity contribution in [1.82, 2.24) is 13.7 Å². The predicted octanol–water partition coefficient (Wildman–Crippen LogP) is 12.4. The zero-order chi connectivity index (χ0) is 36.6. The quantitative estimate of drug-likeness (QED) is 0.184. The van der Waals surface area contributed by atoms with Crippen molar-refractivity contribution in [1.29, 1.82) is 10.5 Å². The fourth-order valence-electron chi connectivity index (χ4n) is 8.72. The molecule has 5 heteroatoms. The van der Waals surface area contributed by atoms with Crippen molar-refractivity contribution >= 4 is 65.4 Å². The van der Waals surface area contributed by atoms with E-state index in [2.05, 4.69) is 153 Å². The number of para-hydroxylation sites is 4. The second-order valence-corrected chi connectivity index (χ2v) is 14.0. The van der Waals surface area contributed by atoms with Crippen LogP contribution in [-0.4, -0.2) is 13.7 Å². The molecule has 0 saturated heterocycles. The fraction of sp³-hybridized carbons (Fsp3) is 0. The third-order valence-corrected chi connectivity index (χ3v) is 11.1. The molecule has 11 aromatic rings. The van der Waals surface area contributed by atoms with Gasteiger partial charge >= 0.3 is 0 Å². The summed E-state index contributed by atoms with van der Waals surface area (Å²) in [5, 5.41) is 27.0. The number of hydrogen-bond acceptors (Lipinski definition) is 2. The van der Waals surface area contributed by atoms with Gasteiger partial charge in [-0.25, -0.2) is 0 Å². The normalized spacial score (nSPS) is 11.6. The van der Waals surface area contributed by atoms with Gasteiger partial charge in [-0.1, -0.05) is 91.0 Å². The molecule has 0 bridgehead atoms. The van der Waals surface area contributed by atoms with Gasteiger partial charge in [-0.05, 0) is 90.5 Å². The summed E-state index contributed by atoms with van der Waals surface area (Å²) in [5.41, 5.74) is 12.8. The Morgan fingerprint density at radius 2 is 0.818 bits per heavy atom. The highest BCUT2D eigenvalue weighted by Gasteiger charge is 2.19. The average molecular weight is 700 g/mol. The Morgan fingerprint density at radius 1 is 0.327 bits per heavy atom. The van der Waals surface area contributed by atoms with Crippen LogP contribution in [0.2, 0.25) is 0 Å². The summed E-state index contributed by atoms with van der Waals surface area (Å²) in [6, 6.07) is 66.0. The molecule has 0 aliphatic rings. The zero-order valence-electron chi connectivity index (χ0n) is 29.5. The molecular weight excluding hydrogens is 671 g/mol. The first-order chi connectivity index (χ1) is 27.2. The topological polar surface area (TPSA) is 62.4 Å². The molecule has 0 N–H and O–H groups in total. The number of aromatic nitrogens is 3. The van der Waals surface area contributed by atoms with E-state index in [9.17, 15) is 10.5 Å². The van der Waals surface area contributed by atoms with E-state index in [0.717, 1.165) is 61.0 Å². The van der Waals surface area contributed by atoms with E-state index in [0.29, 0.717) is 11.1 Å². The average Bonchev–Trinajstić information content (AvgIpc) is 3.88. The summed E-state index contributed by atoms with van der Waals surface area (Å²) < 4.78 is 6.94. The van der Waals surface area contributed by atoms with Crippen LogP contribution >= 0.6 is 0 Å². The fourth-order valence-corrected chi connectivity index (χ4v) is 8.72. The Balaban J connectivity index is 1.13. The summed E-state index contributed by atoms with van der Waals surface area (Å²) in [4.78, 5) is 0. The van der Waals surface area contributed by atoms with Crippen LogP contribution in [0.5, 0.6) is 0 Å². The molecule has 0 radical (unpaired) electrons. The summed E-state index contributed by atoms with van der Waals surface area (Å²) in [6.45, 7) is 0. The monoisotopic (exact) mass is 699 g/mol. The molecule has 11 rings (SSSR count). The molecule has 254 valence electrons. The van der Waals surface area contributed by atoms with Gasteiger partial charge < -0.3 is 13.7 Å². The maximum atomic E-state index is 10.1. The maximum Gasteiger partial charge on any atom is 0.0992 e. The number of nitriles is 2. The van der Waals surface area contributed by atoms with Gasteiger partial charge in [-0.3, -0.25) is 0 Å². The smallest absolute Gasteiger partial charge is 0.0992 e. The molecule has 0 amide bonds. The van der Waals surface area contributed by atoms with Gasteiger partial charge in [-0.2, -0.15) is 10.5 Å². The highest BCUT2D eigenvalue weighted by molar-refractivity contribution is 6.13. The number of benzene rings is 8. The Morgan fingerprint density at radius 3 is 1.44 bits per heavy atom. The molecule has 8 aromatic carbocycles. The first kappa shape index (κ1) is 30.7. The number of hydrogen-bond donors (Lipinski definition) is 0. The van der Waals surface area contributed by atoms with E-state index >= 15 is 0 Å². The van der Waals surface area contributed by atoms with Gasteiger partial charge in [0.25, 0.3) is 0 Å². The Hall–Kier alpha value is -7.86. The molecule has 0 atom stereocenters. The Labute approximate surface area is 316 Å². The Kier molecular flexibility index (Phi) is 6.61. The third kappa shape index (κ3) is 4.51. The molecule has 5 nitrogen and oxygen atoms in total. The van der Waals surface area contributed by atoms with E-state index in [1.165, 1.54) is 32.6 Å². The molecule has 0 unspecified atom stereocenters. The van der Waals surface area contributed by atoms with Crippen LogP contribution in [0, 0.1) is 22.7 Å². The second-order valence-electron chi connectivity index (χ2n) is 14.0. The lowest BCUT2D eigenvalue weighted by molar-refractivity contribution is 1.16. The highest BCUT2D eigenvalue weighted by atomic mass is 15.0. The van der Waals surface area contributed by atoms with Crippen molar-refractivity contribution in [3.05, 3.63) is 187 Å². The Bertz CT molecular complexity index is 3420. The van der Waals surface area contributed by atoms with Crippen LogP contribution in [0.3, 0.4) is 0 Å². The lowest BCUT2D eigenvalue weighted by Crippen LogP contribution is -1.99. The van der Waals surface area contributed by atoms with Crippen LogP contribution in [0.4, 0.5) is 0 Å². The van der Waals surface area contributed by atoms with Crippen LogP contribution in [0.25, 0.3) is 93.6 Å². The molecule has 0 spiro atoms. The summed E-state index contributed by atoms with van der Waals surface area (Å²) in [6.07, 6.45) is 0. The van der Waals surface area contributed by atoms with Crippen molar-refractivity contribution < 1.29 is 0 Å². The minimum Gasteiger partial charge on any atom is -0.309 e. The highest BCUT2D eigenvalue weighted by Crippen LogP contribution is 2.40. The predicted molar refractivity (Wildman–Crippen MR) is 224 cm³/mol. The van der Waals surface area contributed by atoms with Gasteiger partial charge in [0, 0.05) is 49.3 Å². The van der Waals surface area contributed by atoms with E-state index in [1.807, 2.05) is 48.5 Å². The van der Waals surface area contributed by atoms with Crippen LogP contribution in [0.15, 0.2) is 176 Å². The van der Waals surface area contributed by atoms with Crippen LogP contribution in [0.1, 0.15) is 11.1 Å².